The maximum atomic E-state index is 13.8. The van der Waals surface area contributed by atoms with Crippen LogP contribution in [0.4, 0.5) is 4.39 Å². The molecule has 0 aliphatic carbocycles. The lowest BCUT2D eigenvalue weighted by molar-refractivity contribution is 0.127. The van der Waals surface area contributed by atoms with E-state index in [1.807, 2.05) is 65.4 Å². The van der Waals surface area contributed by atoms with E-state index in [0.29, 0.717) is 17.8 Å². The molecule has 0 unspecified atom stereocenters. The van der Waals surface area contributed by atoms with Crippen LogP contribution in [0.25, 0.3) is 0 Å². The molecule has 0 spiro atoms. The van der Waals surface area contributed by atoms with E-state index in [4.69, 9.17) is 4.84 Å². The third kappa shape index (κ3) is 5.68. The van der Waals surface area contributed by atoms with Crippen molar-refractivity contribution in [1.29, 1.82) is 0 Å². The molecule has 5 heteroatoms. The van der Waals surface area contributed by atoms with Gasteiger partial charge in [-0.15, -0.1) is 0 Å². The fraction of sp³-hybridized carbons (Fsp3) is 0.0769. The van der Waals surface area contributed by atoms with Crippen LogP contribution < -0.4 is 0 Å². The first-order chi connectivity index (χ1) is 15.3. The Morgan fingerprint density at radius 3 is 2.32 bits per heavy atom. The molecule has 152 valence electrons. The van der Waals surface area contributed by atoms with E-state index in [-0.39, 0.29) is 12.4 Å². The normalized spacial score (nSPS) is 10.9. The number of halogens is 1. The molecule has 1 heterocycles. The SMILES string of the molecule is Fc1ccccc1CON=C(Cn1ccnc1)c1ccc(C#Cc2ccccc2)cc1. The monoisotopic (exact) mass is 409 g/mol. The molecule has 4 aromatic rings. The van der Waals surface area contributed by atoms with Crippen molar-refractivity contribution in [1.82, 2.24) is 9.55 Å². The van der Waals surface area contributed by atoms with E-state index in [1.54, 1.807) is 30.7 Å². The van der Waals surface area contributed by atoms with Crippen molar-refractivity contribution in [2.75, 3.05) is 0 Å². The van der Waals surface area contributed by atoms with Gasteiger partial charge in [-0.05, 0) is 30.3 Å². The summed E-state index contributed by atoms with van der Waals surface area (Å²) in [5.41, 5.74) is 3.93. The molecule has 0 fully saturated rings. The Morgan fingerprint density at radius 2 is 1.61 bits per heavy atom. The molecule has 0 radical (unpaired) electrons. The number of imidazole rings is 1. The fourth-order valence-electron chi connectivity index (χ4n) is 2.93. The first-order valence-corrected chi connectivity index (χ1v) is 9.83. The van der Waals surface area contributed by atoms with Gasteiger partial charge in [0.2, 0.25) is 0 Å². The molecule has 0 amide bonds. The zero-order chi connectivity index (χ0) is 21.3. The van der Waals surface area contributed by atoms with Gasteiger partial charge < -0.3 is 9.40 Å². The molecule has 0 saturated carbocycles. The molecule has 0 N–H and O–H groups in total. The molecule has 1 aromatic heterocycles. The standard InChI is InChI=1S/C26H20FN3O/c27-25-9-5-4-8-24(25)19-31-29-26(18-30-17-16-28-20-30)23-14-12-22(13-15-23)11-10-21-6-2-1-3-7-21/h1-9,12-17,20H,18-19H2. The molecule has 0 bridgehead atoms. The predicted octanol–water partition coefficient (Wildman–Crippen LogP) is 5.04. The number of hydrogen-bond acceptors (Lipinski definition) is 3. The third-order valence-electron chi connectivity index (χ3n) is 4.59. The number of benzene rings is 3. The van der Waals surface area contributed by atoms with Crippen LogP contribution in [0.2, 0.25) is 0 Å². The fourth-order valence-corrected chi connectivity index (χ4v) is 2.93. The Hall–Kier alpha value is -4.17. The molecule has 4 rings (SSSR count). The number of aromatic nitrogens is 2. The zero-order valence-electron chi connectivity index (χ0n) is 16.8. The minimum atomic E-state index is -0.310. The van der Waals surface area contributed by atoms with Gasteiger partial charge in [0.05, 0.1) is 12.9 Å². The van der Waals surface area contributed by atoms with Gasteiger partial charge in [0.1, 0.15) is 18.1 Å². The third-order valence-corrected chi connectivity index (χ3v) is 4.59. The van der Waals surface area contributed by atoms with Gasteiger partial charge in [-0.25, -0.2) is 9.37 Å². The van der Waals surface area contributed by atoms with Gasteiger partial charge in [0.25, 0.3) is 0 Å². The van der Waals surface area contributed by atoms with Gasteiger partial charge in [-0.2, -0.15) is 0 Å². The van der Waals surface area contributed by atoms with Gasteiger partial charge in [0.15, 0.2) is 0 Å². The lowest BCUT2D eigenvalue weighted by Crippen LogP contribution is -2.11. The van der Waals surface area contributed by atoms with Crippen LogP contribution in [0.3, 0.4) is 0 Å². The summed E-state index contributed by atoms with van der Waals surface area (Å²) in [5, 5.41) is 4.29. The van der Waals surface area contributed by atoms with Crippen LogP contribution in [0, 0.1) is 17.7 Å². The lowest BCUT2D eigenvalue weighted by atomic mass is 10.1. The van der Waals surface area contributed by atoms with Gasteiger partial charge >= 0.3 is 0 Å². The first-order valence-electron chi connectivity index (χ1n) is 9.83. The van der Waals surface area contributed by atoms with Crippen molar-refractivity contribution in [3.8, 4) is 11.8 Å². The maximum Gasteiger partial charge on any atom is 0.145 e. The van der Waals surface area contributed by atoms with Crippen molar-refractivity contribution < 1.29 is 9.23 Å². The van der Waals surface area contributed by atoms with E-state index in [1.165, 1.54) is 6.07 Å². The summed E-state index contributed by atoms with van der Waals surface area (Å²) in [5.74, 6) is 6.01. The van der Waals surface area contributed by atoms with Crippen LogP contribution in [0.5, 0.6) is 0 Å². The number of oxime groups is 1. The van der Waals surface area contributed by atoms with E-state index in [9.17, 15) is 4.39 Å². The second kappa shape index (κ2) is 10.0. The molecular formula is C26H20FN3O. The highest BCUT2D eigenvalue weighted by Crippen LogP contribution is 2.11. The highest BCUT2D eigenvalue weighted by molar-refractivity contribution is 6.00. The van der Waals surface area contributed by atoms with Crippen molar-refractivity contribution >= 4 is 5.71 Å². The number of nitrogens with zero attached hydrogens (tertiary/aromatic N) is 3. The smallest absolute Gasteiger partial charge is 0.145 e. The maximum absolute atomic E-state index is 13.8. The van der Waals surface area contributed by atoms with Crippen molar-refractivity contribution in [2.45, 2.75) is 13.2 Å². The topological polar surface area (TPSA) is 39.4 Å². The summed E-state index contributed by atoms with van der Waals surface area (Å²) in [6.07, 6.45) is 5.28. The van der Waals surface area contributed by atoms with Crippen LogP contribution in [-0.4, -0.2) is 15.3 Å². The van der Waals surface area contributed by atoms with E-state index >= 15 is 0 Å². The highest BCUT2D eigenvalue weighted by Gasteiger charge is 2.07. The summed E-state index contributed by atoms with van der Waals surface area (Å²) < 4.78 is 15.7. The summed E-state index contributed by atoms with van der Waals surface area (Å²) in [7, 11) is 0. The average molecular weight is 409 g/mol. The van der Waals surface area contributed by atoms with Crippen molar-refractivity contribution in [2.24, 2.45) is 5.16 Å². The highest BCUT2D eigenvalue weighted by atomic mass is 19.1. The number of rotatable bonds is 6. The minimum Gasteiger partial charge on any atom is -0.391 e. The summed E-state index contributed by atoms with van der Waals surface area (Å²) in [6.45, 7) is 0.535. The Labute approximate surface area is 180 Å². The Balaban J connectivity index is 1.52. The van der Waals surface area contributed by atoms with Crippen LogP contribution in [-0.2, 0) is 18.0 Å². The summed E-state index contributed by atoms with van der Waals surface area (Å²) in [4.78, 5) is 9.56. The van der Waals surface area contributed by atoms with Crippen molar-refractivity contribution in [3.05, 3.63) is 126 Å². The zero-order valence-corrected chi connectivity index (χ0v) is 16.8. The quantitative estimate of drug-likeness (QED) is 0.254. The number of hydrogen-bond donors (Lipinski definition) is 0. The molecule has 0 aliphatic heterocycles. The summed E-state index contributed by atoms with van der Waals surface area (Å²) in [6, 6.07) is 24.2. The van der Waals surface area contributed by atoms with Gasteiger partial charge in [-0.3, -0.25) is 0 Å². The largest absolute Gasteiger partial charge is 0.391 e. The van der Waals surface area contributed by atoms with E-state index in [2.05, 4.69) is 22.0 Å². The molecule has 0 atom stereocenters. The van der Waals surface area contributed by atoms with Gasteiger partial charge in [-0.1, -0.05) is 65.5 Å². The minimum absolute atomic E-state index is 0.0563. The van der Waals surface area contributed by atoms with Crippen LogP contribution >= 0.6 is 0 Å². The van der Waals surface area contributed by atoms with E-state index in [0.717, 1.165) is 16.7 Å². The molecule has 3 aromatic carbocycles. The average Bonchev–Trinajstić information content (AvgIpc) is 3.33. The van der Waals surface area contributed by atoms with Crippen LogP contribution in [0.15, 0.2) is 103 Å². The molecule has 0 aliphatic rings. The van der Waals surface area contributed by atoms with Crippen molar-refractivity contribution in [3.63, 3.8) is 0 Å². The van der Waals surface area contributed by atoms with Crippen LogP contribution in [0.1, 0.15) is 22.3 Å². The molecular weight excluding hydrogens is 389 g/mol. The predicted molar refractivity (Wildman–Crippen MR) is 119 cm³/mol. The second-order valence-corrected chi connectivity index (χ2v) is 6.83. The van der Waals surface area contributed by atoms with E-state index < -0.39 is 0 Å². The Morgan fingerprint density at radius 1 is 0.903 bits per heavy atom. The molecule has 4 nitrogen and oxygen atoms in total. The Kier molecular flexibility index (Phi) is 6.51. The van der Waals surface area contributed by atoms with Gasteiger partial charge in [0, 0.05) is 34.6 Å². The summed E-state index contributed by atoms with van der Waals surface area (Å²) >= 11 is 0. The Bertz CT molecular complexity index is 1210. The molecule has 0 saturated heterocycles. The second-order valence-electron chi connectivity index (χ2n) is 6.83. The first kappa shape index (κ1) is 20.1. The lowest BCUT2D eigenvalue weighted by Gasteiger charge is -2.09. The molecule has 31 heavy (non-hydrogen) atoms.